The molecule has 0 atom stereocenters. The number of pyridine rings is 1. The van der Waals surface area contributed by atoms with Gasteiger partial charge < -0.3 is 15.7 Å². The molecule has 1 aromatic carbocycles. The van der Waals surface area contributed by atoms with Crippen LogP contribution in [0.1, 0.15) is 15.9 Å². The third-order valence-corrected chi connectivity index (χ3v) is 2.79. The number of hydrogen-bond donors (Lipinski definition) is 3. The largest absolute Gasteiger partial charge is 0.478 e. The quantitative estimate of drug-likeness (QED) is 0.785. The molecule has 2 aromatic rings. The zero-order valence-electron chi connectivity index (χ0n) is 11.2. The van der Waals surface area contributed by atoms with E-state index in [1.54, 1.807) is 0 Å². The van der Waals surface area contributed by atoms with Gasteiger partial charge in [-0.3, -0.25) is 4.98 Å². The van der Waals surface area contributed by atoms with Crippen LogP contribution in [-0.2, 0) is 6.42 Å². The van der Waals surface area contributed by atoms with E-state index in [-0.39, 0.29) is 5.56 Å². The molecule has 0 aliphatic heterocycles. The fraction of sp³-hybridized carbons (Fsp3) is 0.133. The van der Waals surface area contributed by atoms with Gasteiger partial charge in [0.05, 0.1) is 17.4 Å². The maximum Gasteiger partial charge on any atom is 0.337 e. The molecule has 2 rings (SSSR count). The molecule has 6 nitrogen and oxygen atoms in total. The Balaban J connectivity index is 1.82. The zero-order chi connectivity index (χ0) is 15.1. The van der Waals surface area contributed by atoms with Crippen molar-refractivity contribution in [3.8, 4) is 0 Å². The maximum atomic E-state index is 11.7. The van der Waals surface area contributed by atoms with Crippen molar-refractivity contribution >= 4 is 17.7 Å². The second-order valence-electron chi connectivity index (χ2n) is 4.38. The van der Waals surface area contributed by atoms with E-state index in [9.17, 15) is 9.59 Å². The molecule has 3 N–H and O–H groups in total. The van der Waals surface area contributed by atoms with Crippen LogP contribution < -0.4 is 10.6 Å². The lowest BCUT2D eigenvalue weighted by atomic mass is 10.1. The first-order chi connectivity index (χ1) is 10.1. The number of benzene rings is 1. The first-order valence-electron chi connectivity index (χ1n) is 6.42. The number of amides is 2. The molecule has 0 radical (unpaired) electrons. The Morgan fingerprint density at radius 3 is 2.62 bits per heavy atom. The van der Waals surface area contributed by atoms with Crippen LogP contribution in [0.3, 0.4) is 0 Å². The summed E-state index contributed by atoms with van der Waals surface area (Å²) in [6, 6.07) is 10.8. The number of urea groups is 1. The molecule has 0 unspecified atom stereocenters. The molecule has 0 fully saturated rings. The number of carboxylic acids is 1. The number of nitrogens with one attached hydrogen (secondary N) is 2. The summed E-state index contributed by atoms with van der Waals surface area (Å²) in [5, 5.41) is 14.1. The van der Waals surface area contributed by atoms with E-state index in [0.29, 0.717) is 12.2 Å². The molecule has 0 spiro atoms. The summed E-state index contributed by atoms with van der Waals surface area (Å²) in [5.41, 5.74) is 1.50. The van der Waals surface area contributed by atoms with Gasteiger partial charge in [-0.2, -0.15) is 0 Å². The number of hydrogen-bond acceptors (Lipinski definition) is 3. The average Bonchev–Trinajstić information content (AvgIpc) is 2.48. The highest BCUT2D eigenvalue weighted by Crippen LogP contribution is 2.08. The van der Waals surface area contributed by atoms with Gasteiger partial charge in [0.1, 0.15) is 0 Å². The number of carbonyl (C=O) groups is 2. The lowest BCUT2D eigenvalue weighted by Crippen LogP contribution is -2.30. The second-order valence-corrected chi connectivity index (χ2v) is 4.38. The average molecular weight is 285 g/mol. The first kappa shape index (κ1) is 14.5. The van der Waals surface area contributed by atoms with Crippen molar-refractivity contribution in [1.82, 2.24) is 10.3 Å². The van der Waals surface area contributed by atoms with Gasteiger partial charge in [-0.25, -0.2) is 9.59 Å². The fourth-order valence-electron chi connectivity index (χ4n) is 1.77. The van der Waals surface area contributed by atoms with E-state index in [1.165, 1.54) is 18.5 Å². The minimum atomic E-state index is -1.09. The number of anilines is 1. The Morgan fingerprint density at radius 2 is 1.90 bits per heavy atom. The zero-order valence-corrected chi connectivity index (χ0v) is 11.2. The minimum absolute atomic E-state index is 0.0251. The number of carbonyl (C=O) groups excluding carboxylic acids is 1. The van der Waals surface area contributed by atoms with E-state index in [0.717, 1.165) is 12.0 Å². The molecule has 6 heteroatoms. The van der Waals surface area contributed by atoms with Crippen molar-refractivity contribution in [2.45, 2.75) is 6.42 Å². The Morgan fingerprint density at radius 1 is 1.14 bits per heavy atom. The van der Waals surface area contributed by atoms with Gasteiger partial charge >= 0.3 is 12.0 Å². The van der Waals surface area contributed by atoms with Gasteiger partial charge in [0.25, 0.3) is 0 Å². The number of carboxylic acid groups (broad SMARTS) is 1. The topological polar surface area (TPSA) is 91.3 Å². The molecular formula is C15H15N3O3. The van der Waals surface area contributed by atoms with Crippen molar-refractivity contribution in [2.24, 2.45) is 0 Å². The van der Waals surface area contributed by atoms with Crippen molar-refractivity contribution in [3.05, 3.63) is 59.9 Å². The summed E-state index contributed by atoms with van der Waals surface area (Å²) in [7, 11) is 0. The van der Waals surface area contributed by atoms with Gasteiger partial charge in [-0.05, 0) is 18.1 Å². The van der Waals surface area contributed by atoms with E-state index in [4.69, 9.17) is 5.11 Å². The number of nitrogens with zero attached hydrogens (tertiary/aromatic N) is 1. The third kappa shape index (κ3) is 4.61. The van der Waals surface area contributed by atoms with Crippen LogP contribution in [0, 0.1) is 0 Å². The van der Waals surface area contributed by atoms with Crippen molar-refractivity contribution in [2.75, 3.05) is 11.9 Å². The highest BCUT2D eigenvalue weighted by molar-refractivity contribution is 5.92. The predicted molar refractivity (Wildman–Crippen MR) is 78.4 cm³/mol. The van der Waals surface area contributed by atoms with Gasteiger partial charge in [0, 0.05) is 12.7 Å². The van der Waals surface area contributed by atoms with Gasteiger partial charge in [0.2, 0.25) is 0 Å². The highest BCUT2D eigenvalue weighted by Gasteiger charge is 2.06. The fourth-order valence-corrected chi connectivity index (χ4v) is 1.77. The minimum Gasteiger partial charge on any atom is -0.478 e. The van der Waals surface area contributed by atoms with Crippen LogP contribution in [0.2, 0.25) is 0 Å². The molecule has 1 heterocycles. The predicted octanol–water partition coefficient (Wildman–Crippen LogP) is 2.14. The van der Waals surface area contributed by atoms with Crippen LogP contribution in [0.15, 0.2) is 48.8 Å². The summed E-state index contributed by atoms with van der Waals surface area (Å²) in [6.45, 7) is 0.488. The Kier molecular flexibility index (Phi) is 4.87. The Bertz CT molecular complexity index is 629. The molecule has 2 amide bonds. The molecule has 0 bridgehead atoms. The SMILES string of the molecule is O=C(NCCc1ccccc1)Nc1cncc(C(=O)O)c1. The van der Waals surface area contributed by atoms with Crippen molar-refractivity contribution in [1.29, 1.82) is 0 Å². The maximum absolute atomic E-state index is 11.7. The van der Waals surface area contributed by atoms with Crippen molar-refractivity contribution < 1.29 is 14.7 Å². The molecule has 0 aliphatic rings. The van der Waals surface area contributed by atoms with Crippen LogP contribution in [0.4, 0.5) is 10.5 Å². The highest BCUT2D eigenvalue weighted by atomic mass is 16.4. The summed E-state index contributed by atoms with van der Waals surface area (Å²) >= 11 is 0. The molecule has 0 aliphatic carbocycles. The smallest absolute Gasteiger partial charge is 0.337 e. The van der Waals surface area contributed by atoms with Crippen LogP contribution in [0.25, 0.3) is 0 Å². The standard InChI is InChI=1S/C15H15N3O3/c19-14(20)12-8-13(10-16-9-12)18-15(21)17-7-6-11-4-2-1-3-5-11/h1-5,8-10H,6-7H2,(H,19,20)(H2,17,18,21). The second kappa shape index (κ2) is 7.04. The summed E-state index contributed by atoms with van der Waals surface area (Å²) in [6.07, 6.45) is 3.34. The third-order valence-electron chi connectivity index (χ3n) is 2.79. The first-order valence-corrected chi connectivity index (χ1v) is 6.42. The normalized spacial score (nSPS) is 9.90. The number of rotatable bonds is 5. The summed E-state index contributed by atoms with van der Waals surface area (Å²) in [4.78, 5) is 26.2. The number of aromatic carboxylic acids is 1. The summed E-state index contributed by atoms with van der Waals surface area (Å²) < 4.78 is 0. The van der Waals surface area contributed by atoms with Crippen LogP contribution >= 0.6 is 0 Å². The van der Waals surface area contributed by atoms with Crippen molar-refractivity contribution in [3.63, 3.8) is 0 Å². The Hall–Kier alpha value is -2.89. The lowest BCUT2D eigenvalue weighted by molar-refractivity contribution is 0.0696. The van der Waals surface area contributed by atoms with Gasteiger partial charge in [-0.15, -0.1) is 0 Å². The van der Waals surface area contributed by atoms with Crippen LogP contribution in [-0.4, -0.2) is 28.6 Å². The van der Waals surface area contributed by atoms with E-state index in [1.807, 2.05) is 30.3 Å². The Labute approximate surface area is 121 Å². The lowest BCUT2D eigenvalue weighted by Gasteiger charge is -2.07. The summed E-state index contributed by atoms with van der Waals surface area (Å²) in [5.74, 6) is -1.09. The van der Waals surface area contributed by atoms with Gasteiger partial charge in [0.15, 0.2) is 0 Å². The molecule has 1 aromatic heterocycles. The van der Waals surface area contributed by atoms with E-state index < -0.39 is 12.0 Å². The monoisotopic (exact) mass is 285 g/mol. The van der Waals surface area contributed by atoms with Crippen LogP contribution in [0.5, 0.6) is 0 Å². The molecule has 108 valence electrons. The molecule has 21 heavy (non-hydrogen) atoms. The number of aromatic nitrogens is 1. The molecule has 0 saturated carbocycles. The molecule has 0 saturated heterocycles. The van der Waals surface area contributed by atoms with E-state index >= 15 is 0 Å². The van der Waals surface area contributed by atoms with E-state index in [2.05, 4.69) is 15.6 Å². The van der Waals surface area contributed by atoms with Gasteiger partial charge in [-0.1, -0.05) is 30.3 Å². The molecular weight excluding hydrogens is 270 g/mol.